The summed E-state index contributed by atoms with van der Waals surface area (Å²) in [5, 5.41) is 32.1. The van der Waals surface area contributed by atoms with E-state index in [0.29, 0.717) is 72.9 Å². The molecule has 1 heterocycles. The van der Waals surface area contributed by atoms with Crippen molar-refractivity contribution in [2.75, 3.05) is 0 Å². The fourth-order valence-corrected chi connectivity index (χ4v) is 6.15. The number of alkyl halides is 6. The Morgan fingerprint density at radius 1 is 0.625 bits per heavy atom. The minimum absolute atomic E-state index is 0.209. The second-order valence-electron chi connectivity index (χ2n) is 11.0. The fourth-order valence-electron chi connectivity index (χ4n) is 6.15. The van der Waals surface area contributed by atoms with Gasteiger partial charge in [0.2, 0.25) is 0 Å². The van der Waals surface area contributed by atoms with Crippen LogP contribution in [0.25, 0.3) is 33.5 Å². The van der Waals surface area contributed by atoms with E-state index < -0.39 is 29.5 Å². The lowest BCUT2D eigenvalue weighted by Crippen LogP contribution is -2.23. The zero-order chi connectivity index (χ0) is 34.0. The predicted molar refractivity (Wildman–Crippen MR) is 164 cm³/mol. The monoisotopic (exact) mass is 646 g/mol. The second-order valence-corrected chi connectivity index (χ2v) is 11.0. The van der Waals surface area contributed by atoms with Crippen LogP contribution in [0.1, 0.15) is 33.4 Å². The van der Waals surface area contributed by atoms with Gasteiger partial charge in [0.05, 0.1) is 28.2 Å². The van der Waals surface area contributed by atoms with Crippen LogP contribution in [0.3, 0.4) is 0 Å². The number of fused-ring (bicyclic) bond motifs is 6. The van der Waals surface area contributed by atoms with Crippen molar-refractivity contribution in [1.29, 1.82) is 15.8 Å². The first-order valence-electron chi connectivity index (χ1n) is 14.2. The van der Waals surface area contributed by atoms with Crippen molar-refractivity contribution in [3.8, 4) is 40.6 Å². The highest BCUT2D eigenvalue weighted by molar-refractivity contribution is 6.31. The standard InChI is InChI=1S/C36H16F6N6/c37-35(38,39)23-7-1-18(2-8-23)20-5-11-25-27(13-20)29(22(15-43)16-44)33-31(25)48-34-30(46-17-45)28-14-21(6-12-26(28)32(34)47-33)19-3-9-24(10-4-19)36(40,41)42/h1-14,33,46H. The van der Waals surface area contributed by atoms with Gasteiger partial charge < -0.3 is 0 Å². The Balaban J connectivity index is 1.36. The highest BCUT2D eigenvalue weighted by atomic mass is 19.4. The van der Waals surface area contributed by atoms with Crippen LogP contribution in [-0.4, -0.2) is 17.5 Å². The second kappa shape index (κ2) is 10.8. The van der Waals surface area contributed by atoms with Crippen LogP contribution < -0.4 is 5.32 Å². The molecule has 0 aromatic heterocycles. The number of hydrogen-bond acceptors (Lipinski definition) is 6. The summed E-state index contributed by atoms with van der Waals surface area (Å²) in [5.41, 5.74) is 4.25. The molecule has 0 saturated carbocycles. The van der Waals surface area contributed by atoms with E-state index in [9.17, 15) is 42.1 Å². The van der Waals surface area contributed by atoms with Gasteiger partial charge in [0, 0.05) is 22.3 Å². The van der Waals surface area contributed by atoms with E-state index in [4.69, 9.17) is 9.98 Å². The summed E-state index contributed by atoms with van der Waals surface area (Å²) in [6.45, 7) is 0. The van der Waals surface area contributed by atoms with Gasteiger partial charge in [-0.2, -0.15) is 42.1 Å². The summed E-state index contributed by atoms with van der Waals surface area (Å²) in [4.78, 5) is 9.84. The SMILES string of the molecule is N#CNC1=C2N=C3c4ccc(-c5ccc(C(F)(F)F)cc5)cc4C(=C(C#N)C#N)C3N=C2c2ccc(-c3ccc(C(F)(F)F)cc3)cc21. The third kappa shape index (κ3) is 4.81. The molecule has 7 rings (SSSR count). The van der Waals surface area contributed by atoms with E-state index in [1.54, 1.807) is 36.4 Å². The number of benzene rings is 4. The van der Waals surface area contributed by atoms with E-state index in [-0.39, 0.29) is 5.57 Å². The molecule has 4 aromatic carbocycles. The minimum atomic E-state index is -4.50. The molecule has 4 aromatic rings. The van der Waals surface area contributed by atoms with Crippen LogP contribution in [0.5, 0.6) is 0 Å². The summed E-state index contributed by atoms with van der Waals surface area (Å²) in [6, 6.07) is 22.6. The highest BCUT2D eigenvalue weighted by Gasteiger charge is 2.42. The van der Waals surface area contributed by atoms with E-state index in [0.717, 1.165) is 24.3 Å². The van der Waals surface area contributed by atoms with Gasteiger partial charge in [-0.15, -0.1) is 0 Å². The van der Waals surface area contributed by atoms with Gasteiger partial charge in [0.1, 0.15) is 29.5 Å². The largest absolute Gasteiger partial charge is 0.416 e. The summed E-state index contributed by atoms with van der Waals surface area (Å²) in [6.07, 6.45) is -7.07. The van der Waals surface area contributed by atoms with E-state index >= 15 is 0 Å². The Morgan fingerprint density at radius 3 is 1.62 bits per heavy atom. The predicted octanol–water partition coefficient (Wildman–Crippen LogP) is 8.29. The lowest BCUT2D eigenvalue weighted by Gasteiger charge is -2.17. The number of nitriles is 3. The molecule has 0 spiro atoms. The molecule has 0 amide bonds. The topological polar surface area (TPSA) is 108 Å². The molecule has 1 atom stereocenters. The molecule has 12 heteroatoms. The third-order valence-electron chi connectivity index (χ3n) is 8.38. The molecule has 0 saturated heterocycles. The molecule has 0 fully saturated rings. The number of allylic oxidation sites excluding steroid dienone is 2. The lowest BCUT2D eigenvalue weighted by atomic mass is 9.95. The number of rotatable bonds is 3. The number of hydrogen-bond donors (Lipinski definition) is 1. The first-order valence-corrected chi connectivity index (χ1v) is 14.2. The van der Waals surface area contributed by atoms with E-state index in [2.05, 4.69) is 5.32 Å². The highest BCUT2D eigenvalue weighted by Crippen LogP contribution is 2.45. The zero-order valence-electron chi connectivity index (χ0n) is 24.2. The summed E-state index contributed by atoms with van der Waals surface area (Å²) in [5.74, 6) is 0. The van der Waals surface area contributed by atoms with Crippen molar-refractivity contribution >= 4 is 22.7 Å². The smallest absolute Gasteiger partial charge is 0.290 e. The fraction of sp³-hybridized carbons (Fsp3) is 0.0833. The Kier molecular flexibility index (Phi) is 6.81. The molecular weight excluding hydrogens is 630 g/mol. The van der Waals surface area contributed by atoms with Crippen molar-refractivity contribution in [1.82, 2.24) is 5.32 Å². The van der Waals surface area contributed by atoms with Gasteiger partial charge >= 0.3 is 12.4 Å². The van der Waals surface area contributed by atoms with Gasteiger partial charge in [0.15, 0.2) is 6.19 Å². The molecule has 48 heavy (non-hydrogen) atoms. The van der Waals surface area contributed by atoms with Crippen LogP contribution >= 0.6 is 0 Å². The molecule has 1 aliphatic heterocycles. The summed E-state index contributed by atoms with van der Waals surface area (Å²) in [7, 11) is 0. The number of nitrogens with zero attached hydrogens (tertiary/aromatic N) is 5. The normalized spacial score (nSPS) is 16.0. The molecule has 0 radical (unpaired) electrons. The van der Waals surface area contributed by atoms with Gasteiger partial charge in [0.25, 0.3) is 0 Å². The molecule has 2 aliphatic carbocycles. The maximum Gasteiger partial charge on any atom is 0.416 e. The minimum Gasteiger partial charge on any atom is -0.290 e. The van der Waals surface area contributed by atoms with Gasteiger partial charge in [-0.25, -0.2) is 4.99 Å². The molecule has 6 nitrogen and oxygen atoms in total. The Morgan fingerprint density at radius 2 is 1.12 bits per heavy atom. The number of nitrogens with one attached hydrogen (secondary N) is 1. The van der Waals surface area contributed by atoms with Crippen molar-refractivity contribution < 1.29 is 26.3 Å². The Bertz CT molecular complexity index is 2290. The molecule has 232 valence electrons. The summed E-state index contributed by atoms with van der Waals surface area (Å²) >= 11 is 0. The van der Waals surface area contributed by atoms with Gasteiger partial charge in [-0.3, -0.25) is 10.3 Å². The summed E-state index contributed by atoms with van der Waals surface area (Å²) < 4.78 is 78.8. The molecule has 3 aliphatic rings. The van der Waals surface area contributed by atoms with E-state index in [1.807, 2.05) is 18.3 Å². The van der Waals surface area contributed by atoms with E-state index in [1.165, 1.54) is 24.3 Å². The van der Waals surface area contributed by atoms with Crippen LogP contribution in [0.15, 0.2) is 106 Å². The lowest BCUT2D eigenvalue weighted by molar-refractivity contribution is -0.138. The first-order chi connectivity index (χ1) is 22.9. The van der Waals surface area contributed by atoms with Crippen molar-refractivity contribution in [3.05, 3.63) is 130 Å². The van der Waals surface area contributed by atoms with Crippen molar-refractivity contribution in [2.24, 2.45) is 9.98 Å². The number of halogens is 6. The van der Waals surface area contributed by atoms with Crippen LogP contribution in [0, 0.1) is 34.1 Å². The molecular formula is C36H16F6N6. The third-order valence-corrected chi connectivity index (χ3v) is 8.38. The van der Waals surface area contributed by atoms with Crippen molar-refractivity contribution in [2.45, 2.75) is 18.4 Å². The maximum atomic E-state index is 13.1. The number of aliphatic imine (C=N–C) groups is 2. The molecule has 1 unspecified atom stereocenters. The first kappa shape index (κ1) is 30.2. The Labute approximate surface area is 268 Å². The molecule has 1 N–H and O–H groups in total. The molecule has 0 bridgehead atoms. The van der Waals surface area contributed by atoms with Gasteiger partial charge in [-0.05, 0) is 64.2 Å². The van der Waals surface area contributed by atoms with Crippen LogP contribution in [0.2, 0.25) is 0 Å². The van der Waals surface area contributed by atoms with Gasteiger partial charge in [-0.1, -0.05) is 48.5 Å². The Hall–Kier alpha value is -6.45. The zero-order valence-corrected chi connectivity index (χ0v) is 24.2. The average Bonchev–Trinajstić information content (AvgIpc) is 3.55. The average molecular weight is 647 g/mol. The van der Waals surface area contributed by atoms with Crippen LogP contribution in [0.4, 0.5) is 26.3 Å². The van der Waals surface area contributed by atoms with Crippen molar-refractivity contribution in [3.63, 3.8) is 0 Å². The quantitative estimate of drug-likeness (QED) is 0.105. The van der Waals surface area contributed by atoms with Crippen LogP contribution in [-0.2, 0) is 12.4 Å². The maximum absolute atomic E-state index is 13.1.